The molecule has 0 unspecified atom stereocenters. The molecule has 0 spiro atoms. The Balaban J connectivity index is 1.55. The Morgan fingerprint density at radius 2 is 1.54 bits per heavy atom. The van der Waals surface area contributed by atoms with Crippen LogP contribution in [0.3, 0.4) is 0 Å². The molecule has 0 fully saturated rings. The maximum atomic E-state index is 13.3. The third-order valence-corrected chi connectivity index (χ3v) is 5.20. The maximum absolute atomic E-state index is 13.3. The van der Waals surface area contributed by atoms with Gasteiger partial charge in [0.15, 0.2) is 5.78 Å². The molecule has 4 nitrogen and oxygen atoms in total. The van der Waals surface area contributed by atoms with Crippen molar-refractivity contribution in [3.8, 4) is 11.1 Å². The van der Waals surface area contributed by atoms with Gasteiger partial charge in [-0.2, -0.15) is 13.2 Å². The summed E-state index contributed by atoms with van der Waals surface area (Å²) in [4.78, 5) is 29.5. The molecule has 0 radical (unpaired) electrons. The van der Waals surface area contributed by atoms with Crippen molar-refractivity contribution in [2.45, 2.75) is 6.18 Å². The highest BCUT2D eigenvalue weighted by Gasteiger charge is 2.32. The number of anilines is 1. The molecule has 3 aromatic carbocycles. The van der Waals surface area contributed by atoms with Crippen molar-refractivity contribution in [1.29, 1.82) is 0 Å². The molecule has 0 aliphatic heterocycles. The monoisotopic (exact) mass is 472 g/mol. The van der Waals surface area contributed by atoms with E-state index in [1.165, 1.54) is 36.4 Å². The summed E-state index contributed by atoms with van der Waals surface area (Å²) in [6.07, 6.45) is 0.0196. The van der Waals surface area contributed by atoms with Crippen molar-refractivity contribution in [2.24, 2.45) is 0 Å². The number of carbonyl (C=O) groups excluding carboxylic acids is 2. The number of alkyl halides is 3. The van der Waals surface area contributed by atoms with E-state index in [4.69, 9.17) is 0 Å². The van der Waals surface area contributed by atoms with E-state index in [1.54, 1.807) is 54.7 Å². The number of ketones is 1. The summed E-state index contributed by atoms with van der Waals surface area (Å²) >= 11 is 0. The average molecular weight is 472 g/mol. The quantitative estimate of drug-likeness (QED) is 0.245. The van der Waals surface area contributed by atoms with Crippen molar-refractivity contribution in [2.75, 3.05) is 5.32 Å². The van der Waals surface area contributed by atoms with Gasteiger partial charge in [0.1, 0.15) is 0 Å². The van der Waals surface area contributed by atoms with Crippen LogP contribution in [0, 0.1) is 0 Å². The summed E-state index contributed by atoms with van der Waals surface area (Å²) in [6.45, 7) is 0. The first-order valence-electron chi connectivity index (χ1n) is 10.6. The normalized spacial score (nSPS) is 11.4. The fourth-order valence-electron chi connectivity index (χ4n) is 3.43. The van der Waals surface area contributed by atoms with Crippen molar-refractivity contribution < 1.29 is 22.8 Å². The molecule has 0 atom stereocenters. The molecule has 7 heteroatoms. The van der Waals surface area contributed by atoms with Gasteiger partial charge in [-0.15, -0.1) is 0 Å². The van der Waals surface area contributed by atoms with Crippen LogP contribution in [0.25, 0.3) is 17.2 Å². The van der Waals surface area contributed by atoms with Crippen LogP contribution < -0.4 is 5.32 Å². The molecule has 1 heterocycles. The first kappa shape index (κ1) is 23.6. The van der Waals surface area contributed by atoms with Gasteiger partial charge in [-0.1, -0.05) is 42.5 Å². The van der Waals surface area contributed by atoms with Gasteiger partial charge in [0.05, 0.1) is 11.3 Å². The topological polar surface area (TPSA) is 59.1 Å². The first-order valence-corrected chi connectivity index (χ1v) is 10.6. The molecule has 35 heavy (non-hydrogen) atoms. The Kier molecular flexibility index (Phi) is 6.87. The second-order valence-electron chi connectivity index (χ2n) is 7.61. The summed E-state index contributed by atoms with van der Waals surface area (Å²) in [5, 5.41) is 2.63. The van der Waals surface area contributed by atoms with E-state index < -0.39 is 17.6 Å². The Morgan fingerprint density at radius 1 is 0.829 bits per heavy atom. The SMILES string of the molecule is O=C(/C=C/c1ccccn1)c1ccc(NC(=O)c2cc(C(F)(F)F)ccc2-c2ccccc2)cc1. The second kappa shape index (κ2) is 10.2. The van der Waals surface area contributed by atoms with Crippen LogP contribution in [0.2, 0.25) is 0 Å². The summed E-state index contributed by atoms with van der Waals surface area (Å²) in [7, 11) is 0. The lowest BCUT2D eigenvalue weighted by Crippen LogP contribution is -2.15. The van der Waals surface area contributed by atoms with Gasteiger partial charge < -0.3 is 5.32 Å². The highest BCUT2D eigenvalue weighted by atomic mass is 19.4. The summed E-state index contributed by atoms with van der Waals surface area (Å²) in [5.74, 6) is -0.943. The Bertz CT molecular complexity index is 1370. The van der Waals surface area contributed by atoms with Gasteiger partial charge in [0.2, 0.25) is 0 Å². The highest BCUT2D eigenvalue weighted by Crippen LogP contribution is 2.33. The number of carbonyl (C=O) groups is 2. The van der Waals surface area contributed by atoms with E-state index in [9.17, 15) is 22.8 Å². The minimum Gasteiger partial charge on any atom is -0.322 e. The van der Waals surface area contributed by atoms with Gasteiger partial charge in [0.25, 0.3) is 5.91 Å². The van der Waals surface area contributed by atoms with E-state index >= 15 is 0 Å². The molecule has 0 aliphatic rings. The van der Waals surface area contributed by atoms with Crippen LogP contribution in [0.1, 0.15) is 32.0 Å². The maximum Gasteiger partial charge on any atom is 0.416 e. The molecule has 0 aliphatic carbocycles. The number of rotatable bonds is 6. The standard InChI is InChI=1S/C28H19F3N2O2/c29-28(30,31)21-11-15-24(19-6-2-1-3-7-19)25(18-21)27(35)33-23-12-9-20(10-13-23)26(34)16-14-22-8-4-5-17-32-22/h1-18H,(H,33,35)/b16-14+. The zero-order valence-electron chi connectivity index (χ0n) is 18.3. The van der Waals surface area contributed by atoms with E-state index in [0.29, 0.717) is 28.1 Å². The van der Waals surface area contributed by atoms with Gasteiger partial charge >= 0.3 is 6.18 Å². The number of hydrogen-bond donors (Lipinski definition) is 1. The second-order valence-corrected chi connectivity index (χ2v) is 7.61. The highest BCUT2D eigenvalue weighted by molar-refractivity contribution is 6.10. The summed E-state index contributed by atoms with van der Waals surface area (Å²) < 4.78 is 39.9. The lowest BCUT2D eigenvalue weighted by molar-refractivity contribution is -0.137. The zero-order chi connectivity index (χ0) is 24.8. The predicted molar refractivity (Wildman–Crippen MR) is 129 cm³/mol. The van der Waals surface area contributed by atoms with Gasteiger partial charge in [-0.25, -0.2) is 0 Å². The molecule has 4 rings (SSSR count). The summed E-state index contributed by atoms with van der Waals surface area (Å²) in [5.41, 5.74) is 1.35. The number of pyridine rings is 1. The molecule has 1 amide bonds. The molecule has 1 aromatic heterocycles. The molecular formula is C28H19F3N2O2. The van der Waals surface area contributed by atoms with Crippen molar-refractivity contribution in [3.05, 3.63) is 126 Å². The van der Waals surface area contributed by atoms with Crippen molar-refractivity contribution in [3.63, 3.8) is 0 Å². The Morgan fingerprint density at radius 3 is 2.20 bits per heavy atom. The van der Waals surface area contributed by atoms with Crippen LogP contribution >= 0.6 is 0 Å². The molecule has 1 N–H and O–H groups in total. The van der Waals surface area contributed by atoms with E-state index in [1.807, 2.05) is 6.07 Å². The fourth-order valence-corrected chi connectivity index (χ4v) is 3.43. The third-order valence-electron chi connectivity index (χ3n) is 5.20. The van der Waals surface area contributed by atoms with Gasteiger partial charge in [-0.05, 0) is 71.8 Å². The Hall–Kier alpha value is -4.52. The van der Waals surface area contributed by atoms with Crippen LogP contribution in [0.15, 0.2) is 103 Å². The smallest absolute Gasteiger partial charge is 0.322 e. The number of hydrogen-bond acceptors (Lipinski definition) is 3. The van der Waals surface area contributed by atoms with E-state index in [-0.39, 0.29) is 11.3 Å². The molecule has 174 valence electrons. The average Bonchev–Trinajstić information content (AvgIpc) is 2.88. The minimum atomic E-state index is -4.59. The zero-order valence-corrected chi connectivity index (χ0v) is 18.3. The molecule has 0 saturated heterocycles. The van der Waals surface area contributed by atoms with Crippen molar-refractivity contribution >= 4 is 23.5 Å². The lowest BCUT2D eigenvalue weighted by Gasteiger charge is -2.14. The molecular weight excluding hydrogens is 453 g/mol. The minimum absolute atomic E-state index is 0.107. The Labute approximate surface area is 199 Å². The number of nitrogens with one attached hydrogen (secondary N) is 1. The molecule has 0 saturated carbocycles. The van der Waals surface area contributed by atoms with E-state index in [2.05, 4.69) is 10.3 Å². The molecule has 0 bridgehead atoms. The van der Waals surface area contributed by atoms with Crippen LogP contribution in [0.5, 0.6) is 0 Å². The number of amides is 1. The van der Waals surface area contributed by atoms with Crippen LogP contribution in [-0.4, -0.2) is 16.7 Å². The predicted octanol–water partition coefficient (Wildman–Crippen LogP) is 6.92. The first-order chi connectivity index (χ1) is 16.8. The number of benzene rings is 3. The van der Waals surface area contributed by atoms with Gasteiger partial charge in [0, 0.05) is 23.0 Å². The number of aromatic nitrogens is 1. The number of halogens is 3. The summed E-state index contributed by atoms with van der Waals surface area (Å²) in [6, 6.07) is 23.3. The van der Waals surface area contributed by atoms with Crippen LogP contribution in [-0.2, 0) is 6.18 Å². The molecule has 4 aromatic rings. The van der Waals surface area contributed by atoms with Crippen molar-refractivity contribution in [1.82, 2.24) is 4.98 Å². The lowest BCUT2D eigenvalue weighted by atomic mass is 9.96. The third kappa shape index (κ3) is 5.89. The van der Waals surface area contributed by atoms with Crippen LogP contribution in [0.4, 0.5) is 18.9 Å². The van der Waals surface area contributed by atoms with Gasteiger partial charge in [-0.3, -0.25) is 14.6 Å². The number of allylic oxidation sites excluding steroid dienone is 1. The fraction of sp³-hybridized carbons (Fsp3) is 0.0357. The van der Waals surface area contributed by atoms with E-state index in [0.717, 1.165) is 12.1 Å². The largest absolute Gasteiger partial charge is 0.416 e. The number of nitrogens with zero attached hydrogens (tertiary/aromatic N) is 1.